The van der Waals surface area contributed by atoms with Gasteiger partial charge in [-0.25, -0.2) is 4.98 Å². The Hall–Kier alpha value is -3.28. The number of fused-ring (bicyclic) bond motifs is 1. The number of rotatable bonds is 5. The molecule has 1 aliphatic rings. The first-order valence-corrected chi connectivity index (χ1v) is 8.77. The molecular weight excluding hydrogens is 344 g/mol. The highest BCUT2D eigenvalue weighted by Crippen LogP contribution is 2.32. The Bertz CT molecular complexity index is 994. The van der Waals surface area contributed by atoms with Crippen molar-refractivity contribution >= 4 is 5.91 Å². The summed E-state index contributed by atoms with van der Waals surface area (Å²) in [6, 6.07) is 13.6. The number of carbonyl (C=O) groups is 1. The van der Waals surface area contributed by atoms with Crippen molar-refractivity contribution in [3.05, 3.63) is 65.0 Å². The predicted molar refractivity (Wildman–Crippen MR) is 99.5 cm³/mol. The van der Waals surface area contributed by atoms with E-state index in [1.165, 1.54) is 0 Å². The van der Waals surface area contributed by atoms with E-state index in [-0.39, 0.29) is 19.1 Å². The van der Waals surface area contributed by atoms with Crippen molar-refractivity contribution in [1.82, 2.24) is 10.3 Å². The van der Waals surface area contributed by atoms with Crippen molar-refractivity contribution in [3.63, 3.8) is 0 Å². The Morgan fingerprint density at radius 2 is 1.96 bits per heavy atom. The highest BCUT2D eigenvalue weighted by Gasteiger charge is 2.16. The molecule has 0 saturated heterocycles. The van der Waals surface area contributed by atoms with Crippen molar-refractivity contribution in [2.75, 3.05) is 6.79 Å². The molecule has 1 N–H and O–H groups in total. The van der Waals surface area contributed by atoms with Gasteiger partial charge in [-0.1, -0.05) is 23.8 Å². The summed E-state index contributed by atoms with van der Waals surface area (Å²) in [5.41, 5.74) is 3.64. The molecule has 0 bridgehead atoms. The second-order valence-electron chi connectivity index (χ2n) is 6.53. The highest BCUT2D eigenvalue weighted by molar-refractivity contribution is 5.78. The average molecular weight is 364 g/mol. The molecule has 0 spiro atoms. The normalized spacial score (nSPS) is 12.2. The van der Waals surface area contributed by atoms with Crippen LogP contribution in [-0.2, 0) is 17.8 Å². The van der Waals surface area contributed by atoms with Gasteiger partial charge in [0.25, 0.3) is 0 Å². The second-order valence-corrected chi connectivity index (χ2v) is 6.53. The maximum absolute atomic E-state index is 12.3. The van der Waals surface area contributed by atoms with Gasteiger partial charge in [0, 0.05) is 12.1 Å². The number of carbonyl (C=O) groups excluding carboxylic acids is 1. The largest absolute Gasteiger partial charge is 0.454 e. The van der Waals surface area contributed by atoms with Gasteiger partial charge in [-0.2, -0.15) is 0 Å². The van der Waals surface area contributed by atoms with E-state index in [0.29, 0.717) is 29.6 Å². The monoisotopic (exact) mass is 364 g/mol. The fourth-order valence-corrected chi connectivity index (χ4v) is 2.96. The summed E-state index contributed by atoms with van der Waals surface area (Å²) in [6.07, 6.45) is 0.172. The predicted octanol–water partition coefficient (Wildman–Crippen LogP) is 3.55. The summed E-state index contributed by atoms with van der Waals surface area (Å²) in [5, 5.41) is 2.91. The van der Waals surface area contributed by atoms with Crippen LogP contribution in [0.1, 0.15) is 22.6 Å². The van der Waals surface area contributed by atoms with Gasteiger partial charge in [-0.3, -0.25) is 4.79 Å². The number of aryl methyl sites for hydroxylation is 2. The van der Waals surface area contributed by atoms with Crippen LogP contribution >= 0.6 is 0 Å². The maximum atomic E-state index is 12.3. The molecule has 4 rings (SSSR count). The highest BCUT2D eigenvalue weighted by atomic mass is 16.7. The molecule has 0 fully saturated rings. The molecule has 138 valence electrons. The van der Waals surface area contributed by atoms with Crippen molar-refractivity contribution in [2.45, 2.75) is 26.8 Å². The number of nitrogens with zero attached hydrogens (tertiary/aromatic N) is 1. The van der Waals surface area contributed by atoms with Gasteiger partial charge in [0.2, 0.25) is 18.6 Å². The van der Waals surface area contributed by atoms with Crippen LogP contribution in [0.2, 0.25) is 0 Å². The number of benzene rings is 2. The molecule has 1 aliphatic heterocycles. The van der Waals surface area contributed by atoms with E-state index in [4.69, 9.17) is 13.9 Å². The SMILES string of the molecule is Cc1cccc(-c2nc(CC(=O)NCc3ccc4c(c3)OCO4)c(C)o2)c1. The summed E-state index contributed by atoms with van der Waals surface area (Å²) in [7, 11) is 0. The molecule has 3 aromatic rings. The van der Waals surface area contributed by atoms with Gasteiger partial charge in [0.1, 0.15) is 5.76 Å². The molecule has 0 saturated carbocycles. The molecule has 6 heteroatoms. The molecule has 1 amide bonds. The molecule has 27 heavy (non-hydrogen) atoms. The first kappa shape index (κ1) is 17.1. The number of nitrogens with one attached hydrogen (secondary N) is 1. The third-order valence-corrected chi connectivity index (χ3v) is 4.41. The number of hydrogen-bond acceptors (Lipinski definition) is 5. The first-order chi connectivity index (χ1) is 13.1. The van der Waals surface area contributed by atoms with Crippen LogP contribution in [0, 0.1) is 13.8 Å². The summed E-state index contributed by atoms with van der Waals surface area (Å²) >= 11 is 0. The Morgan fingerprint density at radius 3 is 2.81 bits per heavy atom. The van der Waals surface area contributed by atoms with E-state index in [1.54, 1.807) is 0 Å². The van der Waals surface area contributed by atoms with Gasteiger partial charge in [-0.05, 0) is 43.7 Å². The summed E-state index contributed by atoms with van der Waals surface area (Å²) in [6.45, 7) is 4.49. The van der Waals surface area contributed by atoms with E-state index >= 15 is 0 Å². The zero-order chi connectivity index (χ0) is 18.8. The van der Waals surface area contributed by atoms with Gasteiger partial charge < -0.3 is 19.2 Å². The minimum Gasteiger partial charge on any atom is -0.454 e. The van der Waals surface area contributed by atoms with E-state index < -0.39 is 0 Å². The zero-order valence-electron chi connectivity index (χ0n) is 15.2. The molecule has 0 radical (unpaired) electrons. The van der Waals surface area contributed by atoms with Gasteiger partial charge >= 0.3 is 0 Å². The number of oxazole rings is 1. The molecule has 0 atom stereocenters. The van der Waals surface area contributed by atoms with E-state index in [2.05, 4.69) is 10.3 Å². The fraction of sp³-hybridized carbons (Fsp3) is 0.238. The van der Waals surface area contributed by atoms with Crippen molar-refractivity contribution < 1.29 is 18.7 Å². The van der Waals surface area contributed by atoms with Crippen molar-refractivity contribution in [2.24, 2.45) is 0 Å². The van der Waals surface area contributed by atoms with E-state index in [1.807, 2.05) is 56.3 Å². The second kappa shape index (κ2) is 7.15. The topological polar surface area (TPSA) is 73.6 Å². The summed E-state index contributed by atoms with van der Waals surface area (Å²) < 4.78 is 16.4. The third-order valence-electron chi connectivity index (χ3n) is 4.41. The zero-order valence-corrected chi connectivity index (χ0v) is 15.2. The lowest BCUT2D eigenvalue weighted by Gasteiger charge is -2.05. The van der Waals surface area contributed by atoms with Crippen LogP contribution < -0.4 is 14.8 Å². The average Bonchev–Trinajstić information content (AvgIpc) is 3.26. The van der Waals surface area contributed by atoms with Crippen LogP contribution in [0.25, 0.3) is 11.5 Å². The van der Waals surface area contributed by atoms with Gasteiger partial charge in [-0.15, -0.1) is 0 Å². The van der Waals surface area contributed by atoms with Gasteiger partial charge in [0.15, 0.2) is 11.5 Å². The fourth-order valence-electron chi connectivity index (χ4n) is 2.96. The van der Waals surface area contributed by atoms with Crippen LogP contribution in [0.15, 0.2) is 46.9 Å². The first-order valence-electron chi connectivity index (χ1n) is 8.77. The quantitative estimate of drug-likeness (QED) is 0.749. The Morgan fingerprint density at radius 1 is 1.11 bits per heavy atom. The Labute approximate surface area is 157 Å². The Balaban J connectivity index is 1.39. The van der Waals surface area contributed by atoms with Crippen molar-refractivity contribution in [3.8, 4) is 23.0 Å². The van der Waals surface area contributed by atoms with Crippen LogP contribution in [0.4, 0.5) is 0 Å². The van der Waals surface area contributed by atoms with E-state index in [0.717, 1.165) is 22.4 Å². The molecule has 0 aliphatic carbocycles. The van der Waals surface area contributed by atoms with E-state index in [9.17, 15) is 4.79 Å². The molecule has 2 heterocycles. The van der Waals surface area contributed by atoms with Crippen molar-refractivity contribution in [1.29, 1.82) is 0 Å². The molecule has 6 nitrogen and oxygen atoms in total. The number of ether oxygens (including phenoxy) is 2. The minimum atomic E-state index is -0.111. The smallest absolute Gasteiger partial charge is 0.231 e. The third kappa shape index (κ3) is 3.79. The molecule has 1 aromatic heterocycles. The number of aromatic nitrogens is 1. The minimum absolute atomic E-state index is 0.111. The summed E-state index contributed by atoms with van der Waals surface area (Å²) in [5.74, 6) is 2.52. The Kier molecular flexibility index (Phi) is 4.54. The lowest BCUT2D eigenvalue weighted by atomic mass is 10.1. The van der Waals surface area contributed by atoms with Gasteiger partial charge in [0.05, 0.1) is 12.1 Å². The molecule has 2 aromatic carbocycles. The number of hydrogen-bond donors (Lipinski definition) is 1. The van der Waals surface area contributed by atoms with Crippen LogP contribution in [0.5, 0.6) is 11.5 Å². The lowest BCUT2D eigenvalue weighted by Crippen LogP contribution is -2.24. The standard InChI is InChI=1S/C21H20N2O4/c1-13-4-3-5-16(8-13)21-23-17(14(2)27-21)10-20(24)22-11-15-6-7-18-19(9-15)26-12-25-18/h3-9H,10-12H2,1-2H3,(H,22,24). The van der Waals surface area contributed by atoms with Crippen LogP contribution in [-0.4, -0.2) is 17.7 Å². The number of amides is 1. The molecule has 0 unspecified atom stereocenters. The maximum Gasteiger partial charge on any atom is 0.231 e. The molecular formula is C21H20N2O4. The van der Waals surface area contributed by atoms with Crippen LogP contribution in [0.3, 0.4) is 0 Å². The summed E-state index contributed by atoms with van der Waals surface area (Å²) in [4.78, 5) is 16.8. The lowest BCUT2D eigenvalue weighted by molar-refractivity contribution is -0.120.